The number of hydrogen-bond donors (Lipinski definition) is 2. The van der Waals surface area contributed by atoms with Gasteiger partial charge in [0.15, 0.2) is 0 Å². The van der Waals surface area contributed by atoms with Crippen molar-refractivity contribution in [1.29, 1.82) is 0 Å². The number of fused-ring (bicyclic) bond motifs is 1. The first kappa shape index (κ1) is 15.8. The average Bonchev–Trinajstić information content (AvgIpc) is 2.63. The molecule has 1 saturated carbocycles. The number of rotatable bonds is 5. The Hall–Kier alpha value is -2.66. The highest BCUT2D eigenvalue weighted by atomic mass is 16.5. The fourth-order valence-corrected chi connectivity index (χ4v) is 3.39. The topological polar surface area (TPSA) is 67.3 Å². The maximum atomic E-state index is 9.49. The van der Waals surface area contributed by atoms with Gasteiger partial charge in [0.05, 0.1) is 13.2 Å². The standard InChI is InChI=1S/C20H21N3O2/c1-25-19-7-6-13-4-2-3-5-16(13)17(19)11-21-20-10-18(22-12-23-20)14-8-15(24)9-14/h2-7,10,12,14-15,24H,8-9,11H2,1H3,(H,21,22,23). The van der Waals surface area contributed by atoms with Crippen molar-refractivity contribution in [1.82, 2.24) is 9.97 Å². The van der Waals surface area contributed by atoms with Gasteiger partial charge >= 0.3 is 0 Å². The van der Waals surface area contributed by atoms with E-state index in [1.165, 1.54) is 10.8 Å². The molecule has 0 saturated heterocycles. The first-order valence-electron chi connectivity index (χ1n) is 8.53. The second kappa shape index (κ2) is 6.69. The van der Waals surface area contributed by atoms with E-state index in [9.17, 15) is 5.11 Å². The van der Waals surface area contributed by atoms with E-state index in [1.807, 2.05) is 24.3 Å². The summed E-state index contributed by atoms with van der Waals surface area (Å²) in [6.45, 7) is 0.619. The van der Waals surface area contributed by atoms with Crippen LogP contribution >= 0.6 is 0 Å². The molecule has 0 atom stereocenters. The molecule has 5 heteroatoms. The van der Waals surface area contributed by atoms with E-state index in [0.29, 0.717) is 12.5 Å². The first-order valence-corrected chi connectivity index (χ1v) is 8.53. The molecule has 5 nitrogen and oxygen atoms in total. The fraction of sp³-hybridized carbons (Fsp3) is 0.300. The number of methoxy groups -OCH3 is 1. The zero-order valence-electron chi connectivity index (χ0n) is 14.1. The number of nitrogens with zero attached hydrogens (tertiary/aromatic N) is 2. The Labute approximate surface area is 146 Å². The van der Waals surface area contributed by atoms with Gasteiger partial charge in [-0.3, -0.25) is 0 Å². The predicted molar refractivity (Wildman–Crippen MR) is 97.8 cm³/mol. The molecule has 0 amide bonds. The summed E-state index contributed by atoms with van der Waals surface area (Å²) in [4.78, 5) is 8.67. The number of hydrogen-bond acceptors (Lipinski definition) is 5. The number of nitrogens with one attached hydrogen (secondary N) is 1. The molecule has 1 aliphatic rings. The molecule has 0 bridgehead atoms. The van der Waals surface area contributed by atoms with Crippen molar-refractivity contribution in [3.8, 4) is 5.75 Å². The van der Waals surface area contributed by atoms with Crippen LogP contribution in [0.15, 0.2) is 48.8 Å². The van der Waals surface area contributed by atoms with Gasteiger partial charge in [0.1, 0.15) is 17.9 Å². The van der Waals surface area contributed by atoms with Crippen molar-refractivity contribution in [3.05, 3.63) is 60.0 Å². The second-order valence-corrected chi connectivity index (χ2v) is 6.47. The third kappa shape index (κ3) is 3.15. The van der Waals surface area contributed by atoms with Crippen molar-refractivity contribution >= 4 is 16.6 Å². The molecule has 1 aliphatic carbocycles. The summed E-state index contributed by atoms with van der Waals surface area (Å²) in [6, 6.07) is 14.3. The lowest BCUT2D eigenvalue weighted by molar-refractivity contribution is 0.0732. The molecule has 3 aromatic rings. The largest absolute Gasteiger partial charge is 0.496 e. The van der Waals surface area contributed by atoms with E-state index in [1.54, 1.807) is 13.4 Å². The van der Waals surface area contributed by atoms with Gasteiger partial charge in [-0.2, -0.15) is 0 Å². The van der Waals surface area contributed by atoms with Crippen LogP contribution in [0.3, 0.4) is 0 Å². The minimum Gasteiger partial charge on any atom is -0.496 e. The van der Waals surface area contributed by atoms with Crippen LogP contribution in [0.1, 0.15) is 30.0 Å². The van der Waals surface area contributed by atoms with Crippen LogP contribution in [0.4, 0.5) is 5.82 Å². The van der Waals surface area contributed by atoms with E-state index in [2.05, 4.69) is 33.5 Å². The van der Waals surface area contributed by atoms with Crippen molar-refractivity contribution in [3.63, 3.8) is 0 Å². The van der Waals surface area contributed by atoms with Crippen LogP contribution in [0.5, 0.6) is 5.75 Å². The molecule has 0 radical (unpaired) electrons. The van der Waals surface area contributed by atoms with E-state index in [4.69, 9.17) is 4.74 Å². The summed E-state index contributed by atoms with van der Waals surface area (Å²) in [6.07, 6.45) is 2.97. The van der Waals surface area contributed by atoms with Crippen LogP contribution < -0.4 is 10.1 Å². The summed E-state index contributed by atoms with van der Waals surface area (Å²) in [7, 11) is 1.69. The molecular formula is C20H21N3O2. The molecule has 128 valence electrons. The number of anilines is 1. The Bertz CT molecular complexity index is 891. The Balaban J connectivity index is 1.57. The van der Waals surface area contributed by atoms with Gasteiger partial charge in [0.2, 0.25) is 0 Å². The maximum Gasteiger partial charge on any atom is 0.129 e. The molecule has 25 heavy (non-hydrogen) atoms. The van der Waals surface area contributed by atoms with Crippen LogP contribution in [0.25, 0.3) is 10.8 Å². The molecule has 2 N–H and O–H groups in total. The third-order valence-electron chi connectivity index (χ3n) is 4.88. The Kier molecular flexibility index (Phi) is 4.24. The zero-order valence-corrected chi connectivity index (χ0v) is 14.1. The Morgan fingerprint density at radius 2 is 2.00 bits per heavy atom. The summed E-state index contributed by atoms with van der Waals surface area (Å²) in [5.74, 6) is 2.00. The highest BCUT2D eigenvalue weighted by Crippen LogP contribution is 2.36. The third-order valence-corrected chi connectivity index (χ3v) is 4.88. The summed E-state index contributed by atoms with van der Waals surface area (Å²) in [5, 5.41) is 15.2. The Morgan fingerprint density at radius 1 is 1.16 bits per heavy atom. The molecule has 4 rings (SSSR count). The normalized spacial score (nSPS) is 19.4. The lowest BCUT2D eigenvalue weighted by atomic mass is 9.80. The molecule has 0 aliphatic heterocycles. The number of aliphatic hydroxyl groups is 1. The molecule has 1 aromatic heterocycles. The van der Waals surface area contributed by atoms with Crippen molar-refractivity contribution in [2.45, 2.75) is 31.4 Å². The highest BCUT2D eigenvalue weighted by Gasteiger charge is 2.29. The number of ether oxygens (including phenoxy) is 1. The quantitative estimate of drug-likeness (QED) is 0.747. The number of aromatic nitrogens is 2. The van der Waals surface area contributed by atoms with Gasteiger partial charge < -0.3 is 15.2 Å². The van der Waals surface area contributed by atoms with Gasteiger partial charge in [-0.25, -0.2) is 9.97 Å². The number of benzene rings is 2. The summed E-state index contributed by atoms with van der Waals surface area (Å²) >= 11 is 0. The monoisotopic (exact) mass is 335 g/mol. The van der Waals surface area contributed by atoms with Crippen LogP contribution in [-0.2, 0) is 6.54 Å². The predicted octanol–water partition coefficient (Wildman–Crippen LogP) is 3.49. The molecule has 1 fully saturated rings. The van der Waals surface area contributed by atoms with Crippen molar-refractivity contribution < 1.29 is 9.84 Å². The van der Waals surface area contributed by atoms with Gasteiger partial charge in [0.25, 0.3) is 0 Å². The van der Waals surface area contributed by atoms with Crippen LogP contribution in [0.2, 0.25) is 0 Å². The van der Waals surface area contributed by atoms with Gasteiger partial charge in [0, 0.05) is 29.8 Å². The van der Waals surface area contributed by atoms with Gasteiger partial charge in [-0.05, 0) is 29.7 Å². The van der Waals surface area contributed by atoms with Gasteiger partial charge in [-0.1, -0.05) is 30.3 Å². The lowest BCUT2D eigenvalue weighted by Crippen LogP contribution is -2.27. The minimum atomic E-state index is -0.184. The van der Waals surface area contributed by atoms with Crippen molar-refractivity contribution in [2.24, 2.45) is 0 Å². The smallest absolute Gasteiger partial charge is 0.129 e. The number of aliphatic hydroxyl groups excluding tert-OH is 1. The molecule has 1 heterocycles. The minimum absolute atomic E-state index is 0.184. The summed E-state index contributed by atoms with van der Waals surface area (Å²) < 4.78 is 5.54. The van der Waals surface area contributed by atoms with Crippen LogP contribution in [0, 0.1) is 0 Å². The summed E-state index contributed by atoms with van der Waals surface area (Å²) in [5.41, 5.74) is 2.10. The maximum absolute atomic E-state index is 9.49. The lowest BCUT2D eigenvalue weighted by Gasteiger charge is -2.30. The average molecular weight is 335 g/mol. The fourth-order valence-electron chi connectivity index (χ4n) is 3.39. The highest BCUT2D eigenvalue weighted by molar-refractivity contribution is 5.88. The van der Waals surface area contributed by atoms with Gasteiger partial charge in [-0.15, -0.1) is 0 Å². The molecule has 0 spiro atoms. The Morgan fingerprint density at radius 3 is 2.80 bits per heavy atom. The van der Waals surface area contributed by atoms with Crippen molar-refractivity contribution in [2.75, 3.05) is 12.4 Å². The van der Waals surface area contributed by atoms with E-state index >= 15 is 0 Å². The van der Waals surface area contributed by atoms with E-state index in [-0.39, 0.29) is 6.10 Å². The zero-order chi connectivity index (χ0) is 17.2. The SMILES string of the molecule is COc1ccc2ccccc2c1CNc1cc(C2CC(O)C2)ncn1. The van der Waals surface area contributed by atoms with E-state index in [0.717, 1.165) is 35.7 Å². The molecule has 0 unspecified atom stereocenters. The van der Waals surface area contributed by atoms with Crippen LogP contribution in [-0.4, -0.2) is 28.3 Å². The second-order valence-electron chi connectivity index (χ2n) is 6.47. The van der Waals surface area contributed by atoms with E-state index < -0.39 is 0 Å². The molecule has 2 aromatic carbocycles. The molecular weight excluding hydrogens is 314 g/mol. The first-order chi connectivity index (χ1) is 12.2.